The molecule has 1 aliphatic heterocycles. The molecular formula is C33H40F2N6O5S. The molecule has 0 fully saturated rings. The first-order valence-electron chi connectivity index (χ1n) is 15.5. The van der Waals surface area contributed by atoms with Crippen LogP contribution < -0.4 is 16.2 Å². The van der Waals surface area contributed by atoms with E-state index in [2.05, 4.69) is 4.98 Å². The lowest BCUT2D eigenvalue weighted by Gasteiger charge is -2.27. The van der Waals surface area contributed by atoms with E-state index >= 15 is 4.39 Å². The molecule has 4 aromatic rings. The number of aryl methyl sites for hydroxylation is 2. The van der Waals surface area contributed by atoms with Gasteiger partial charge in [0.05, 0.1) is 30.3 Å². The molecule has 14 heteroatoms. The molecule has 1 aromatic carbocycles. The van der Waals surface area contributed by atoms with Crippen LogP contribution >= 0.6 is 0 Å². The molecule has 0 bridgehead atoms. The Hall–Kier alpha value is -3.98. The lowest BCUT2D eigenvalue weighted by molar-refractivity contribution is 0.112. The molecule has 3 aromatic heterocycles. The number of sulfone groups is 1. The average molecular weight is 671 g/mol. The van der Waals surface area contributed by atoms with Crippen molar-refractivity contribution in [2.75, 3.05) is 44.4 Å². The minimum Gasteiger partial charge on any atom is -0.395 e. The molecule has 11 nitrogen and oxygen atoms in total. The topological polar surface area (TPSA) is 144 Å². The highest BCUT2D eigenvalue weighted by Gasteiger charge is 2.33. The van der Waals surface area contributed by atoms with E-state index in [0.717, 1.165) is 37.8 Å². The van der Waals surface area contributed by atoms with Crippen LogP contribution in [-0.2, 0) is 30.0 Å². The van der Waals surface area contributed by atoms with Gasteiger partial charge in [-0.3, -0.25) is 9.59 Å². The molecule has 3 N–H and O–H groups in total. The number of rotatable bonds is 14. The first-order chi connectivity index (χ1) is 22.4. The van der Waals surface area contributed by atoms with Crippen molar-refractivity contribution in [3.05, 3.63) is 75.5 Å². The second kappa shape index (κ2) is 14.0. The van der Waals surface area contributed by atoms with Gasteiger partial charge in [-0.2, -0.15) is 0 Å². The van der Waals surface area contributed by atoms with Crippen molar-refractivity contribution >= 4 is 38.5 Å². The van der Waals surface area contributed by atoms with E-state index in [0.29, 0.717) is 65.7 Å². The van der Waals surface area contributed by atoms with Gasteiger partial charge in [-0.25, -0.2) is 22.2 Å². The number of benzene rings is 1. The summed E-state index contributed by atoms with van der Waals surface area (Å²) in [5.74, 6) is -1.97. The lowest BCUT2D eigenvalue weighted by Crippen LogP contribution is -2.26. The summed E-state index contributed by atoms with van der Waals surface area (Å²) < 4.78 is 59.3. The fourth-order valence-corrected chi connectivity index (χ4v) is 7.64. The van der Waals surface area contributed by atoms with E-state index < -0.39 is 26.7 Å². The third-order valence-electron chi connectivity index (χ3n) is 8.78. The van der Waals surface area contributed by atoms with Crippen LogP contribution in [0.15, 0.2) is 41.6 Å². The molecule has 0 amide bonds. The number of hydrogen-bond donors (Lipinski definition) is 2. The Morgan fingerprint density at radius 2 is 1.89 bits per heavy atom. The van der Waals surface area contributed by atoms with Crippen LogP contribution in [0.2, 0.25) is 0 Å². The maximum absolute atomic E-state index is 15.5. The quantitative estimate of drug-likeness (QED) is 0.152. The largest absolute Gasteiger partial charge is 0.395 e. The Kier molecular flexibility index (Phi) is 10.2. The third-order valence-corrected chi connectivity index (χ3v) is 10.3. The Morgan fingerprint density at radius 3 is 2.55 bits per heavy atom. The summed E-state index contributed by atoms with van der Waals surface area (Å²) in [6.45, 7) is 1.70. The van der Waals surface area contributed by atoms with Crippen LogP contribution in [0.1, 0.15) is 52.4 Å². The fourth-order valence-electron chi connectivity index (χ4n) is 6.44. The summed E-state index contributed by atoms with van der Waals surface area (Å²) in [6.07, 6.45) is 8.73. The number of aliphatic hydroxyl groups excluding tert-OH is 1. The van der Waals surface area contributed by atoms with Gasteiger partial charge >= 0.3 is 0 Å². The van der Waals surface area contributed by atoms with Gasteiger partial charge < -0.3 is 29.8 Å². The third kappa shape index (κ3) is 6.86. The van der Waals surface area contributed by atoms with Crippen LogP contribution in [0, 0.1) is 11.6 Å². The zero-order valence-electron chi connectivity index (χ0n) is 26.7. The number of pyridine rings is 2. The zero-order chi connectivity index (χ0) is 34.0. The number of carbonyl (C=O) groups is 1. The molecule has 0 aliphatic carbocycles. The van der Waals surface area contributed by atoms with E-state index in [1.807, 2.05) is 10.8 Å². The van der Waals surface area contributed by atoms with E-state index in [1.165, 1.54) is 15.5 Å². The van der Waals surface area contributed by atoms with Gasteiger partial charge in [-0.1, -0.05) is 6.42 Å². The van der Waals surface area contributed by atoms with Crippen LogP contribution in [0.25, 0.3) is 22.0 Å². The van der Waals surface area contributed by atoms with Gasteiger partial charge in [0, 0.05) is 66.9 Å². The Bertz CT molecular complexity index is 1980. The number of halogens is 2. The summed E-state index contributed by atoms with van der Waals surface area (Å²) in [4.78, 5) is 33.7. The predicted molar refractivity (Wildman–Crippen MR) is 178 cm³/mol. The maximum Gasteiger partial charge on any atom is 0.274 e. The highest BCUT2D eigenvalue weighted by Crippen LogP contribution is 2.46. The first-order valence-corrected chi connectivity index (χ1v) is 17.5. The first kappa shape index (κ1) is 34.4. The molecule has 1 aliphatic rings. The lowest BCUT2D eigenvalue weighted by atomic mass is 9.93. The number of likely N-dealkylation sites (N-methyl/N-ethyl adjacent to an activating group) is 1. The number of aldehydes is 1. The Balaban J connectivity index is 1.81. The van der Waals surface area contributed by atoms with Crippen molar-refractivity contribution in [2.24, 2.45) is 12.8 Å². The molecule has 0 saturated carbocycles. The number of unbranched alkanes of at least 4 members (excludes halogenated alkanes) is 2. The summed E-state index contributed by atoms with van der Waals surface area (Å²) in [7, 11) is -0.364. The molecular weight excluding hydrogens is 630 g/mol. The average Bonchev–Trinajstić information content (AvgIpc) is 3.32. The molecule has 0 saturated heterocycles. The van der Waals surface area contributed by atoms with Crippen LogP contribution in [0.3, 0.4) is 0 Å². The highest BCUT2D eigenvalue weighted by molar-refractivity contribution is 7.90. The number of aromatic nitrogens is 3. The van der Waals surface area contributed by atoms with Gasteiger partial charge in [0.2, 0.25) is 0 Å². The number of nitrogens with two attached hydrogens (primary N) is 1. The van der Waals surface area contributed by atoms with Crippen molar-refractivity contribution in [3.63, 3.8) is 0 Å². The standard InChI is InChI=1S/C33H40F2N6O5S/c1-38(11-12-42)10-7-29(47(3,45)46)24-15-25-26-19-39(2)33(44)31-30(26)22(17-40(31)9-6-4-5-8-36)18-41(28(25)13-21(24)20-43)32-27(35)14-23(34)16-37-32/h13-17,19-20,29,42H,4-12,18,36H2,1-3H3. The van der Waals surface area contributed by atoms with Gasteiger partial charge in [0.15, 0.2) is 21.5 Å². The van der Waals surface area contributed by atoms with E-state index in [-0.39, 0.29) is 42.1 Å². The molecule has 252 valence electrons. The molecule has 47 heavy (non-hydrogen) atoms. The van der Waals surface area contributed by atoms with E-state index in [1.54, 1.807) is 31.3 Å². The SMILES string of the molecule is CN(CCO)CCC(c1cc2c(cc1C=O)N(c1ncc(F)cc1F)Cc1cn(CCCCCN)c3c(=O)n(C)cc-2c13)S(C)(=O)=O. The van der Waals surface area contributed by atoms with Crippen molar-refractivity contribution in [2.45, 2.75) is 44.0 Å². The molecule has 4 heterocycles. The van der Waals surface area contributed by atoms with Crippen LogP contribution in [-0.4, -0.2) is 78.4 Å². The Morgan fingerprint density at radius 1 is 1.13 bits per heavy atom. The predicted octanol–water partition coefficient (Wildman–Crippen LogP) is 3.67. The fraction of sp³-hybridized carbons (Fsp3) is 0.424. The molecule has 1 atom stereocenters. The number of fused-ring (bicyclic) bond motifs is 2. The monoisotopic (exact) mass is 670 g/mol. The van der Waals surface area contributed by atoms with Crippen molar-refractivity contribution in [1.29, 1.82) is 0 Å². The van der Waals surface area contributed by atoms with Crippen molar-refractivity contribution in [1.82, 2.24) is 19.0 Å². The second-order valence-corrected chi connectivity index (χ2v) is 14.4. The minimum absolute atomic E-state index is 0.0358. The number of aliphatic hydroxyl groups is 1. The highest BCUT2D eigenvalue weighted by atomic mass is 32.2. The number of carbonyl (C=O) groups excluding carboxylic acids is 1. The van der Waals surface area contributed by atoms with Crippen LogP contribution in [0.4, 0.5) is 20.3 Å². The summed E-state index contributed by atoms with van der Waals surface area (Å²) >= 11 is 0. The van der Waals surface area contributed by atoms with Crippen LogP contribution in [0.5, 0.6) is 0 Å². The minimum atomic E-state index is -3.76. The molecule has 1 unspecified atom stereocenters. The van der Waals surface area contributed by atoms with E-state index in [4.69, 9.17) is 5.73 Å². The second-order valence-electron chi connectivity index (χ2n) is 12.2. The maximum atomic E-state index is 15.5. The molecule has 0 spiro atoms. The van der Waals surface area contributed by atoms with Gasteiger partial charge in [0.1, 0.15) is 17.6 Å². The smallest absolute Gasteiger partial charge is 0.274 e. The van der Waals surface area contributed by atoms with Crippen molar-refractivity contribution in [3.8, 4) is 11.1 Å². The number of anilines is 2. The Labute approximate surface area is 272 Å². The van der Waals surface area contributed by atoms with Crippen molar-refractivity contribution < 1.29 is 27.1 Å². The molecule has 0 radical (unpaired) electrons. The summed E-state index contributed by atoms with van der Waals surface area (Å²) in [6, 6.07) is 3.88. The van der Waals surface area contributed by atoms with Gasteiger partial charge in [0.25, 0.3) is 5.56 Å². The van der Waals surface area contributed by atoms with Gasteiger partial charge in [-0.15, -0.1) is 0 Å². The molecule has 5 rings (SSSR count). The summed E-state index contributed by atoms with van der Waals surface area (Å²) in [5, 5.41) is 8.89. The normalized spacial score (nSPS) is 13.7. The summed E-state index contributed by atoms with van der Waals surface area (Å²) in [5.41, 5.74) is 8.35. The van der Waals surface area contributed by atoms with E-state index in [9.17, 15) is 27.5 Å². The van der Waals surface area contributed by atoms with Gasteiger partial charge in [-0.05, 0) is 62.7 Å². The zero-order valence-corrected chi connectivity index (χ0v) is 27.6. The number of nitrogens with zero attached hydrogens (tertiary/aromatic N) is 5. The number of hydrogen-bond acceptors (Lipinski definition) is 9.